The minimum absolute atomic E-state index is 0.0755. The molecule has 3 rings (SSSR count). The molecule has 0 aliphatic heterocycles. The van der Waals surface area contributed by atoms with E-state index in [0.29, 0.717) is 17.3 Å². The van der Waals surface area contributed by atoms with Crippen LogP contribution in [0.15, 0.2) is 30.5 Å². The minimum atomic E-state index is -0.485. The van der Waals surface area contributed by atoms with E-state index in [1.165, 1.54) is 25.0 Å². The van der Waals surface area contributed by atoms with E-state index in [0.717, 1.165) is 12.8 Å². The van der Waals surface area contributed by atoms with Gasteiger partial charge >= 0.3 is 0 Å². The molecule has 1 atom stereocenters. The first kappa shape index (κ1) is 16.0. The van der Waals surface area contributed by atoms with E-state index < -0.39 is 5.82 Å². The summed E-state index contributed by atoms with van der Waals surface area (Å²) >= 11 is 5.69. The first-order valence-corrected chi connectivity index (χ1v) is 8.23. The molecule has 1 unspecified atom stereocenters. The number of hydrogen-bond donors (Lipinski definition) is 1. The monoisotopic (exact) mass is 335 g/mol. The third-order valence-electron chi connectivity index (χ3n) is 4.36. The summed E-state index contributed by atoms with van der Waals surface area (Å²) in [5, 5.41) is 7.28. The van der Waals surface area contributed by atoms with Crippen LogP contribution < -0.4 is 5.32 Å². The number of nitrogens with zero attached hydrogens (tertiary/aromatic N) is 2. The number of benzene rings is 1. The molecule has 1 fully saturated rings. The zero-order valence-corrected chi connectivity index (χ0v) is 13.7. The van der Waals surface area contributed by atoms with Crippen molar-refractivity contribution >= 4 is 17.5 Å². The smallest absolute Gasteiger partial charge is 0.270 e. The summed E-state index contributed by atoms with van der Waals surface area (Å²) in [5.74, 6) is -0.682. The maximum absolute atomic E-state index is 13.6. The van der Waals surface area contributed by atoms with E-state index in [1.807, 2.05) is 11.6 Å². The van der Waals surface area contributed by atoms with Gasteiger partial charge in [-0.15, -0.1) is 0 Å². The van der Waals surface area contributed by atoms with Crippen LogP contribution in [0.25, 0.3) is 0 Å². The van der Waals surface area contributed by atoms with Gasteiger partial charge in [-0.2, -0.15) is 5.10 Å². The number of nitrogens with one attached hydrogen (secondary N) is 1. The van der Waals surface area contributed by atoms with Gasteiger partial charge in [0.1, 0.15) is 11.5 Å². The van der Waals surface area contributed by atoms with E-state index in [1.54, 1.807) is 18.3 Å². The number of carbonyl (C=O) groups is 1. The van der Waals surface area contributed by atoms with Crippen molar-refractivity contribution in [2.45, 2.75) is 44.7 Å². The predicted octanol–water partition coefficient (Wildman–Crippen LogP) is 4.28. The lowest BCUT2D eigenvalue weighted by molar-refractivity contribution is 0.0926. The first-order chi connectivity index (χ1) is 11.1. The Bertz CT molecular complexity index is 710. The van der Waals surface area contributed by atoms with Crippen LogP contribution in [0.5, 0.6) is 0 Å². The van der Waals surface area contributed by atoms with Gasteiger partial charge in [-0.1, -0.05) is 30.5 Å². The molecule has 1 N–H and O–H groups in total. The fourth-order valence-electron chi connectivity index (χ4n) is 3.07. The number of amides is 1. The molecule has 6 heteroatoms. The predicted molar refractivity (Wildman–Crippen MR) is 87.0 cm³/mol. The van der Waals surface area contributed by atoms with Crippen molar-refractivity contribution in [1.82, 2.24) is 15.1 Å². The van der Waals surface area contributed by atoms with E-state index in [4.69, 9.17) is 11.6 Å². The molecule has 1 saturated carbocycles. The Morgan fingerprint density at radius 3 is 2.83 bits per heavy atom. The van der Waals surface area contributed by atoms with Crippen molar-refractivity contribution in [3.05, 3.63) is 52.6 Å². The van der Waals surface area contributed by atoms with Crippen molar-refractivity contribution in [1.29, 1.82) is 0 Å². The highest BCUT2D eigenvalue weighted by Gasteiger charge is 2.23. The van der Waals surface area contributed by atoms with Crippen LogP contribution in [0, 0.1) is 5.82 Å². The molecule has 0 bridgehead atoms. The molecular formula is C17H19ClFN3O. The summed E-state index contributed by atoms with van der Waals surface area (Å²) in [5.41, 5.74) is 1.23. The number of aromatic nitrogens is 2. The van der Waals surface area contributed by atoms with Crippen molar-refractivity contribution in [3.8, 4) is 0 Å². The minimum Gasteiger partial charge on any atom is -0.344 e. The Labute approximate surface area is 139 Å². The topological polar surface area (TPSA) is 46.9 Å². The maximum Gasteiger partial charge on any atom is 0.270 e. The fraction of sp³-hybridized carbons (Fsp3) is 0.412. The van der Waals surface area contributed by atoms with Crippen molar-refractivity contribution in [2.24, 2.45) is 0 Å². The van der Waals surface area contributed by atoms with Gasteiger partial charge in [0.05, 0.1) is 17.1 Å². The van der Waals surface area contributed by atoms with Gasteiger partial charge in [0, 0.05) is 6.20 Å². The first-order valence-electron chi connectivity index (χ1n) is 7.85. The van der Waals surface area contributed by atoms with Gasteiger partial charge in [0.2, 0.25) is 0 Å². The lowest BCUT2D eigenvalue weighted by Gasteiger charge is -2.17. The lowest BCUT2D eigenvalue weighted by atomic mass is 10.1. The van der Waals surface area contributed by atoms with Crippen molar-refractivity contribution in [2.75, 3.05) is 0 Å². The molecule has 1 amide bonds. The second kappa shape index (κ2) is 6.71. The molecule has 1 aromatic heterocycles. The number of hydrogen-bond acceptors (Lipinski definition) is 2. The average molecular weight is 336 g/mol. The van der Waals surface area contributed by atoms with E-state index in [9.17, 15) is 9.18 Å². The Hall–Kier alpha value is -1.88. The van der Waals surface area contributed by atoms with Gasteiger partial charge in [-0.25, -0.2) is 4.39 Å². The van der Waals surface area contributed by atoms with E-state index >= 15 is 0 Å². The van der Waals surface area contributed by atoms with Crippen molar-refractivity contribution < 1.29 is 9.18 Å². The molecule has 4 nitrogen and oxygen atoms in total. The molecule has 1 heterocycles. The van der Waals surface area contributed by atoms with Gasteiger partial charge in [0.15, 0.2) is 0 Å². The normalized spacial score (nSPS) is 16.5. The highest BCUT2D eigenvalue weighted by atomic mass is 35.5. The largest absolute Gasteiger partial charge is 0.344 e. The Morgan fingerprint density at radius 2 is 2.13 bits per heavy atom. The molecule has 0 radical (unpaired) electrons. The Morgan fingerprint density at radius 1 is 1.39 bits per heavy atom. The van der Waals surface area contributed by atoms with Crippen LogP contribution in [0.2, 0.25) is 5.02 Å². The highest BCUT2D eigenvalue weighted by molar-refractivity contribution is 6.30. The molecule has 1 aliphatic rings. The van der Waals surface area contributed by atoms with Crippen LogP contribution in [-0.2, 0) is 0 Å². The summed E-state index contributed by atoms with van der Waals surface area (Å²) in [6, 6.07) is 6.27. The molecule has 0 spiro atoms. The lowest BCUT2D eigenvalue weighted by Crippen LogP contribution is -2.29. The van der Waals surface area contributed by atoms with Crippen LogP contribution in [0.4, 0.5) is 4.39 Å². The van der Waals surface area contributed by atoms with E-state index in [-0.39, 0.29) is 17.0 Å². The molecule has 1 aliphatic carbocycles. The third-order valence-corrected chi connectivity index (χ3v) is 4.67. The van der Waals surface area contributed by atoms with Crippen LogP contribution >= 0.6 is 11.6 Å². The molecule has 23 heavy (non-hydrogen) atoms. The van der Waals surface area contributed by atoms with E-state index in [2.05, 4.69) is 10.4 Å². The Kier molecular flexibility index (Phi) is 4.66. The highest BCUT2D eigenvalue weighted by Crippen LogP contribution is 2.30. The Balaban J connectivity index is 1.74. The summed E-state index contributed by atoms with van der Waals surface area (Å²) in [6.45, 7) is 1.82. The zero-order chi connectivity index (χ0) is 16.4. The van der Waals surface area contributed by atoms with Crippen LogP contribution in [0.1, 0.15) is 60.7 Å². The summed E-state index contributed by atoms with van der Waals surface area (Å²) < 4.78 is 15.4. The van der Waals surface area contributed by atoms with Crippen molar-refractivity contribution in [3.63, 3.8) is 0 Å². The maximum atomic E-state index is 13.6. The SMILES string of the molecule is CC(NC(=O)c1ccnn1C1CCCC1)c1ccc(Cl)c(F)c1. The second-order valence-corrected chi connectivity index (χ2v) is 6.38. The molecular weight excluding hydrogens is 317 g/mol. The van der Waals surface area contributed by atoms with Crippen LogP contribution in [0.3, 0.4) is 0 Å². The number of halogens is 2. The number of carbonyl (C=O) groups excluding carboxylic acids is 1. The van der Waals surface area contributed by atoms with Gasteiger partial charge in [0.25, 0.3) is 5.91 Å². The molecule has 1 aromatic carbocycles. The molecule has 122 valence electrons. The number of rotatable bonds is 4. The fourth-order valence-corrected chi connectivity index (χ4v) is 3.19. The molecule has 0 saturated heterocycles. The second-order valence-electron chi connectivity index (χ2n) is 5.97. The van der Waals surface area contributed by atoms with Crippen LogP contribution in [-0.4, -0.2) is 15.7 Å². The summed E-state index contributed by atoms with van der Waals surface area (Å²) in [6.07, 6.45) is 6.11. The average Bonchev–Trinajstić information content (AvgIpc) is 3.19. The van der Waals surface area contributed by atoms with Gasteiger partial charge in [-0.05, 0) is 43.5 Å². The quantitative estimate of drug-likeness (QED) is 0.906. The molecule has 2 aromatic rings. The summed E-state index contributed by atoms with van der Waals surface area (Å²) in [4.78, 5) is 12.5. The standard InChI is InChI=1S/C17H19ClFN3O/c1-11(12-6-7-14(18)15(19)10-12)21-17(23)16-8-9-20-22(16)13-4-2-3-5-13/h6-11,13H,2-5H2,1H3,(H,21,23). The zero-order valence-electron chi connectivity index (χ0n) is 12.9. The van der Waals surface area contributed by atoms with Gasteiger partial charge < -0.3 is 5.32 Å². The van der Waals surface area contributed by atoms with Gasteiger partial charge in [-0.3, -0.25) is 9.48 Å². The summed E-state index contributed by atoms with van der Waals surface area (Å²) in [7, 11) is 0. The third kappa shape index (κ3) is 3.39.